The quantitative estimate of drug-likeness (QED) is 0.633. The van der Waals surface area contributed by atoms with Crippen LogP contribution in [0.25, 0.3) is 0 Å². The molecule has 2 N–H and O–H groups in total. The van der Waals surface area contributed by atoms with E-state index in [1.807, 2.05) is 0 Å². The Labute approximate surface area is 102 Å². The molecule has 0 bridgehead atoms. The molecule has 1 aliphatic carbocycles. The predicted molar refractivity (Wildman–Crippen MR) is 71.0 cm³/mol. The highest BCUT2D eigenvalue weighted by Gasteiger charge is 2.16. The lowest BCUT2D eigenvalue weighted by Crippen LogP contribution is -2.25. The standard InChI is InChI=1S/C13H20N2S/c1-10-7-8-16-12(10)9-15-13(14)11-5-3-2-4-6-11/h7-8,11H,2-6,9H2,1H3,(H2,14,15). The Morgan fingerprint density at radius 3 is 2.81 bits per heavy atom. The zero-order valence-corrected chi connectivity index (χ0v) is 10.7. The molecule has 1 aliphatic rings. The van der Waals surface area contributed by atoms with E-state index in [1.165, 1.54) is 42.5 Å². The largest absolute Gasteiger partial charge is 0.387 e. The number of hydrogen-bond donors (Lipinski definition) is 1. The van der Waals surface area contributed by atoms with E-state index in [1.54, 1.807) is 11.3 Å². The maximum atomic E-state index is 6.07. The average Bonchev–Trinajstić information content (AvgIpc) is 2.73. The van der Waals surface area contributed by atoms with Gasteiger partial charge in [-0.3, -0.25) is 4.99 Å². The maximum absolute atomic E-state index is 6.07. The van der Waals surface area contributed by atoms with Crippen LogP contribution in [0.1, 0.15) is 42.5 Å². The summed E-state index contributed by atoms with van der Waals surface area (Å²) in [7, 11) is 0. The second kappa shape index (κ2) is 5.48. The molecule has 88 valence electrons. The van der Waals surface area contributed by atoms with Gasteiger partial charge in [-0.25, -0.2) is 0 Å². The van der Waals surface area contributed by atoms with Crippen LogP contribution in [0.15, 0.2) is 16.4 Å². The summed E-state index contributed by atoms with van der Waals surface area (Å²) in [4.78, 5) is 5.90. The molecular formula is C13H20N2S. The van der Waals surface area contributed by atoms with Crippen LogP contribution >= 0.6 is 11.3 Å². The van der Waals surface area contributed by atoms with E-state index in [4.69, 9.17) is 5.73 Å². The monoisotopic (exact) mass is 236 g/mol. The molecule has 0 saturated heterocycles. The molecule has 2 rings (SSSR count). The van der Waals surface area contributed by atoms with Crippen LogP contribution in [0.5, 0.6) is 0 Å². The minimum Gasteiger partial charge on any atom is -0.387 e. The molecule has 0 amide bonds. The summed E-state index contributed by atoms with van der Waals surface area (Å²) >= 11 is 1.78. The highest BCUT2D eigenvalue weighted by atomic mass is 32.1. The van der Waals surface area contributed by atoms with E-state index in [2.05, 4.69) is 23.4 Å². The van der Waals surface area contributed by atoms with Crippen molar-refractivity contribution in [1.29, 1.82) is 0 Å². The van der Waals surface area contributed by atoms with Crippen molar-refractivity contribution >= 4 is 17.2 Å². The third-order valence-electron chi connectivity index (χ3n) is 3.40. The number of nitrogens with two attached hydrogens (primary N) is 1. The van der Waals surface area contributed by atoms with E-state index in [9.17, 15) is 0 Å². The third kappa shape index (κ3) is 2.85. The third-order valence-corrected chi connectivity index (χ3v) is 4.40. The van der Waals surface area contributed by atoms with Gasteiger partial charge in [0.15, 0.2) is 0 Å². The summed E-state index contributed by atoms with van der Waals surface area (Å²) in [5.74, 6) is 1.43. The zero-order chi connectivity index (χ0) is 11.4. The fourth-order valence-corrected chi connectivity index (χ4v) is 3.09. The first-order valence-corrected chi connectivity index (χ1v) is 6.98. The van der Waals surface area contributed by atoms with Crippen molar-refractivity contribution in [3.05, 3.63) is 21.9 Å². The first-order chi connectivity index (χ1) is 7.77. The lowest BCUT2D eigenvalue weighted by molar-refractivity contribution is 0.436. The zero-order valence-electron chi connectivity index (χ0n) is 9.91. The Morgan fingerprint density at radius 2 is 2.19 bits per heavy atom. The fraction of sp³-hybridized carbons (Fsp3) is 0.615. The van der Waals surface area contributed by atoms with Gasteiger partial charge in [0.2, 0.25) is 0 Å². The lowest BCUT2D eigenvalue weighted by atomic mass is 9.88. The first-order valence-electron chi connectivity index (χ1n) is 6.10. The lowest BCUT2D eigenvalue weighted by Gasteiger charge is -2.20. The van der Waals surface area contributed by atoms with Gasteiger partial charge in [-0.15, -0.1) is 11.3 Å². The van der Waals surface area contributed by atoms with Gasteiger partial charge in [-0.1, -0.05) is 19.3 Å². The Hall–Kier alpha value is -0.830. The summed E-state index contributed by atoms with van der Waals surface area (Å²) in [6, 6.07) is 2.15. The number of nitrogens with zero attached hydrogens (tertiary/aromatic N) is 1. The van der Waals surface area contributed by atoms with Gasteiger partial charge in [0.05, 0.1) is 12.4 Å². The molecule has 1 aromatic rings. The SMILES string of the molecule is Cc1ccsc1CN=C(N)C1CCCCC1. The van der Waals surface area contributed by atoms with Gasteiger partial charge in [0, 0.05) is 10.8 Å². The van der Waals surface area contributed by atoms with Crippen molar-refractivity contribution in [1.82, 2.24) is 0 Å². The molecule has 3 heteroatoms. The second-order valence-corrected chi connectivity index (χ2v) is 5.60. The number of amidine groups is 1. The van der Waals surface area contributed by atoms with Crippen LogP contribution in [0.4, 0.5) is 0 Å². The minimum absolute atomic E-state index is 0.550. The highest BCUT2D eigenvalue weighted by molar-refractivity contribution is 7.10. The van der Waals surface area contributed by atoms with Gasteiger partial charge in [-0.2, -0.15) is 0 Å². The van der Waals surface area contributed by atoms with Crippen LogP contribution in [-0.2, 0) is 6.54 Å². The van der Waals surface area contributed by atoms with E-state index in [0.29, 0.717) is 5.92 Å². The molecule has 1 saturated carbocycles. The Bertz CT molecular complexity index is 362. The Morgan fingerprint density at radius 1 is 1.44 bits per heavy atom. The Balaban J connectivity index is 1.93. The molecular weight excluding hydrogens is 216 g/mol. The van der Waals surface area contributed by atoms with Crippen molar-refractivity contribution in [3.8, 4) is 0 Å². The van der Waals surface area contributed by atoms with E-state index in [-0.39, 0.29) is 0 Å². The maximum Gasteiger partial charge on any atom is 0.0972 e. The summed E-state index contributed by atoms with van der Waals surface area (Å²) in [6.45, 7) is 2.91. The van der Waals surface area contributed by atoms with Crippen molar-refractivity contribution in [2.24, 2.45) is 16.6 Å². The van der Waals surface area contributed by atoms with Gasteiger partial charge in [-0.05, 0) is 36.8 Å². The molecule has 0 aliphatic heterocycles. The van der Waals surface area contributed by atoms with Gasteiger partial charge >= 0.3 is 0 Å². The average molecular weight is 236 g/mol. The summed E-state index contributed by atoms with van der Waals surface area (Å²) in [6.07, 6.45) is 6.48. The van der Waals surface area contributed by atoms with Crippen LogP contribution < -0.4 is 5.73 Å². The van der Waals surface area contributed by atoms with Crippen LogP contribution in [0, 0.1) is 12.8 Å². The van der Waals surface area contributed by atoms with E-state index in [0.717, 1.165) is 12.4 Å². The van der Waals surface area contributed by atoms with Crippen LogP contribution in [-0.4, -0.2) is 5.84 Å². The summed E-state index contributed by atoms with van der Waals surface area (Å²) in [5.41, 5.74) is 7.41. The smallest absolute Gasteiger partial charge is 0.0972 e. The van der Waals surface area contributed by atoms with Gasteiger partial charge < -0.3 is 5.73 Å². The number of thiophene rings is 1. The first kappa shape index (κ1) is 11.6. The Kier molecular flexibility index (Phi) is 3.99. The molecule has 0 radical (unpaired) electrons. The van der Waals surface area contributed by atoms with Gasteiger partial charge in [0.1, 0.15) is 0 Å². The fourth-order valence-electron chi connectivity index (χ4n) is 2.26. The summed E-state index contributed by atoms with van der Waals surface area (Å²) < 4.78 is 0. The van der Waals surface area contributed by atoms with E-state index >= 15 is 0 Å². The number of aryl methyl sites for hydroxylation is 1. The number of rotatable bonds is 3. The second-order valence-electron chi connectivity index (χ2n) is 4.60. The minimum atomic E-state index is 0.550. The van der Waals surface area contributed by atoms with Crippen molar-refractivity contribution in [2.45, 2.75) is 45.6 Å². The molecule has 16 heavy (non-hydrogen) atoms. The van der Waals surface area contributed by atoms with Crippen molar-refractivity contribution in [3.63, 3.8) is 0 Å². The molecule has 0 atom stereocenters. The van der Waals surface area contributed by atoms with Crippen LogP contribution in [0.3, 0.4) is 0 Å². The van der Waals surface area contributed by atoms with Crippen molar-refractivity contribution < 1.29 is 0 Å². The van der Waals surface area contributed by atoms with Gasteiger partial charge in [0.25, 0.3) is 0 Å². The predicted octanol–water partition coefficient (Wildman–Crippen LogP) is 3.49. The van der Waals surface area contributed by atoms with E-state index < -0.39 is 0 Å². The van der Waals surface area contributed by atoms with Crippen LogP contribution in [0.2, 0.25) is 0 Å². The molecule has 0 spiro atoms. The normalized spacial score (nSPS) is 18.9. The topological polar surface area (TPSA) is 38.4 Å². The van der Waals surface area contributed by atoms with Crippen molar-refractivity contribution in [2.75, 3.05) is 0 Å². The number of hydrogen-bond acceptors (Lipinski definition) is 2. The molecule has 1 aromatic heterocycles. The molecule has 1 heterocycles. The molecule has 0 unspecified atom stereocenters. The molecule has 0 aromatic carbocycles. The summed E-state index contributed by atoms with van der Waals surface area (Å²) in [5, 5.41) is 2.12. The highest BCUT2D eigenvalue weighted by Crippen LogP contribution is 2.24. The molecule has 2 nitrogen and oxygen atoms in total. The number of aliphatic imine (C=N–C) groups is 1. The molecule has 1 fully saturated rings.